The molecule has 2 aromatic carbocycles. The molecule has 2 aromatic rings. The molecule has 0 aromatic heterocycles. The number of benzene rings is 2. The Bertz CT molecular complexity index is 939. The van der Waals surface area contributed by atoms with Gasteiger partial charge in [0.2, 0.25) is 11.8 Å². The van der Waals surface area contributed by atoms with Gasteiger partial charge in [-0.05, 0) is 44.9 Å². The Hall–Kier alpha value is -3.29. The molecule has 7 nitrogen and oxygen atoms in total. The number of nitrogens with one attached hydrogen (secondary N) is 1. The van der Waals surface area contributed by atoms with E-state index < -0.39 is 28.2 Å². The van der Waals surface area contributed by atoms with Crippen LogP contribution in [0.2, 0.25) is 0 Å². The molecule has 0 radical (unpaired) electrons. The number of nitro benzene ring substituents is 1. The van der Waals surface area contributed by atoms with E-state index >= 15 is 0 Å². The maximum atomic E-state index is 13.3. The molecule has 0 saturated heterocycles. The largest absolute Gasteiger partial charge is 0.350 e. The summed E-state index contributed by atoms with van der Waals surface area (Å²) in [6, 6.07) is 10.9. The molecule has 2 amide bonds. The summed E-state index contributed by atoms with van der Waals surface area (Å²) < 4.78 is 13.3. The number of nitrogens with zero attached hydrogens (tertiary/aromatic N) is 2. The molecular weight excluding hydrogens is 401 g/mol. The summed E-state index contributed by atoms with van der Waals surface area (Å²) >= 11 is 0. The van der Waals surface area contributed by atoms with Gasteiger partial charge in [-0.25, -0.2) is 4.39 Å². The lowest BCUT2D eigenvalue weighted by Crippen LogP contribution is -2.53. The summed E-state index contributed by atoms with van der Waals surface area (Å²) in [4.78, 5) is 38.4. The van der Waals surface area contributed by atoms with E-state index in [0.29, 0.717) is 12.0 Å². The minimum absolute atomic E-state index is 0.0792. The molecule has 1 atom stereocenters. The Morgan fingerprint density at radius 1 is 1.13 bits per heavy atom. The fourth-order valence-electron chi connectivity index (χ4n) is 3.26. The number of rotatable bonds is 8. The lowest BCUT2D eigenvalue weighted by Gasteiger charge is -2.33. The van der Waals surface area contributed by atoms with Gasteiger partial charge in [0.25, 0.3) is 5.69 Å². The summed E-state index contributed by atoms with van der Waals surface area (Å²) in [5, 5.41) is 14.2. The number of halogens is 1. The van der Waals surface area contributed by atoms with Crippen molar-refractivity contribution >= 4 is 17.5 Å². The molecular formula is C23H28FN3O4. The predicted octanol–water partition coefficient (Wildman–Crippen LogP) is 4.00. The van der Waals surface area contributed by atoms with Gasteiger partial charge >= 0.3 is 0 Å². The van der Waals surface area contributed by atoms with Crippen LogP contribution in [0, 0.1) is 15.9 Å². The molecule has 0 aliphatic carbocycles. The molecule has 0 fully saturated rings. The third kappa shape index (κ3) is 6.87. The summed E-state index contributed by atoms with van der Waals surface area (Å²) in [6.07, 6.45) is 0.128. The second-order valence-corrected chi connectivity index (χ2v) is 8.37. The van der Waals surface area contributed by atoms with Gasteiger partial charge in [0.15, 0.2) is 0 Å². The number of carbonyl (C=O) groups is 2. The fraction of sp³-hybridized carbons (Fsp3) is 0.391. The van der Waals surface area contributed by atoms with E-state index in [1.54, 1.807) is 25.1 Å². The van der Waals surface area contributed by atoms with Crippen molar-refractivity contribution in [2.45, 2.75) is 58.7 Å². The van der Waals surface area contributed by atoms with Gasteiger partial charge in [0.05, 0.1) is 11.3 Å². The van der Waals surface area contributed by atoms with Crippen LogP contribution < -0.4 is 5.32 Å². The molecule has 0 saturated carbocycles. The quantitative estimate of drug-likeness (QED) is 0.507. The minimum atomic E-state index is -0.778. The highest BCUT2D eigenvalue weighted by molar-refractivity contribution is 5.89. The zero-order chi connectivity index (χ0) is 23.2. The van der Waals surface area contributed by atoms with Crippen LogP contribution in [0.3, 0.4) is 0 Å². The number of carbonyl (C=O) groups excluding carboxylic acids is 2. The Balaban J connectivity index is 2.38. The van der Waals surface area contributed by atoms with Gasteiger partial charge in [-0.2, -0.15) is 0 Å². The van der Waals surface area contributed by atoms with Crippen molar-refractivity contribution in [3.05, 3.63) is 75.6 Å². The van der Waals surface area contributed by atoms with E-state index in [2.05, 4.69) is 5.32 Å². The van der Waals surface area contributed by atoms with Crippen molar-refractivity contribution < 1.29 is 18.9 Å². The van der Waals surface area contributed by atoms with E-state index in [-0.39, 0.29) is 30.1 Å². The lowest BCUT2D eigenvalue weighted by atomic mass is 10.0. The van der Waals surface area contributed by atoms with E-state index in [0.717, 1.165) is 0 Å². The van der Waals surface area contributed by atoms with Crippen LogP contribution in [0.25, 0.3) is 0 Å². The molecule has 0 aliphatic rings. The van der Waals surface area contributed by atoms with Crippen LogP contribution in [0.4, 0.5) is 10.1 Å². The maximum Gasteiger partial charge on any atom is 0.273 e. The van der Waals surface area contributed by atoms with Crippen molar-refractivity contribution in [1.82, 2.24) is 10.2 Å². The highest BCUT2D eigenvalue weighted by Gasteiger charge is 2.31. The average Bonchev–Trinajstić information content (AvgIpc) is 2.68. The highest BCUT2D eigenvalue weighted by atomic mass is 19.1. The Morgan fingerprint density at radius 2 is 1.74 bits per heavy atom. The zero-order valence-corrected chi connectivity index (χ0v) is 18.2. The molecule has 0 bridgehead atoms. The standard InChI is InChI=1S/C23H28FN3O4/c1-5-19(22(29)25-23(2,3)4)26(15-16-10-12-18(24)13-11-16)21(28)14-17-8-6-7-9-20(17)27(30)31/h6-13,19H,5,14-15H2,1-4H3,(H,25,29). The molecule has 31 heavy (non-hydrogen) atoms. The maximum absolute atomic E-state index is 13.3. The first-order valence-corrected chi connectivity index (χ1v) is 10.1. The number of hydrogen-bond acceptors (Lipinski definition) is 4. The molecule has 2 rings (SSSR count). The smallest absolute Gasteiger partial charge is 0.273 e. The Labute approximate surface area is 181 Å². The van der Waals surface area contributed by atoms with Crippen molar-refractivity contribution in [1.29, 1.82) is 0 Å². The van der Waals surface area contributed by atoms with E-state index in [4.69, 9.17) is 0 Å². The van der Waals surface area contributed by atoms with Gasteiger partial charge in [0, 0.05) is 23.7 Å². The number of para-hydroxylation sites is 1. The Kier molecular flexibility index (Phi) is 7.85. The molecule has 166 valence electrons. The highest BCUT2D eigenvalue weighted by Crippen LogP contribution is 2.21. The first kappa shape index (κ1) is 24.0. The summed E-state index contributed by atoms with van der Waals surface area (Å²) in [7, 11) is 0. The molecule has 1 N–H and O–H groups in total. The van der Waals surface area contributed by atoms with Gasteiger partial charge in [-0.1, -0.05) is 37.3 Å². The molecule has 1 unspecified atom stereocenters. The second-order valence-electron chi connectivity index (χ2n) is 8.37. The summed E-state index contributed by atoms with van der Waals surface area (Å²) in [5.74, 6) is -1.14. The summed E-state index contributed by atoms with van der Waals surface area (Å²) in [5.41, 5.74) is 0.282. The van der Waals surface area contributed by atoms with Crippen LogP contribution in [0.5, 0.6) is 0 Å². The number of amides is 2. The van der Waals surface area contributed by atoms with Crippen LogP contribution in [0.1, 0.15) is 45.2 Å². The van der Waals surface area contributed by atoms with Gasteiger partial charge < -0.3 is 10.2 Å². The fourth-order valence-corrected chi connectivity index (χ4v) is 3.26. The number of nitro groups is 1. The minimum Gasteiger partial charge on any atom is -0.350 e. The summed E-state index contributed by atoms with van der Waals surface area (Å²) in [6.45, 7) is 7.41. The first-order valence-electron chi connectivity index (χ1n) is 10.1. The molecule has 0 heterocycles. The predicted molar refractivity (Wildman–Crippen MR) is 116 cm³/mol. The lowest BCUT2D eigenvalue weighted by molar-refractivity contribution is -0.385. The van der Waals surface area contributed by atoms with Gasteiger partial charge in [-0.3, -0.25) is 19.7 Å². The van der Waals surface area contributed by atoms with Crippen LogP contribution in [0.15, 0.2) is 48.5 Å². The monoisotopic (exact) mass is 429 g/mol. The third-order valence-corrected chi connectivity index (χ3v) is 4.68. The van der Waals surface area contributed by atoms with E-state index in [9.17, 15) is 24.1 Å². The van der Waals surface area contributed by atoms with Gasteiger partial charge in [0.1, 0.15) is 11.9 Å². The molecule has 0 aliphatic heterocycles. The molecule has 0 spiro atoms. The SMILES string of the molecule is CCC(C(=O)NC(C)(C)C)N(Cc1ccc(F)cc1)C(=O)Cc1ccccc1[N+](=O)[O-]. The molecule has 8 heteroatoms. The van der Waals surface area contributed by atoms with Gasteiger partial charge in [-0.15, -0.1) is 0 Å². The van der Waals surface area contributed by atoms with E-state index in [1.165, 1.54) is 35.2 Å². The third-order valence-electron chi connectivity index (χ3n) is 4.68. The van der Waals surface area contributed by atoms with Crippen LogP contribution in [-0.4, -0.2) is 33.2 Å². The second kappa shape index (κ2) is 10.1. The van der Waals surface area contributed by atoms with Crippen LogP contribution >= 0.6 is 0 Å². The average molecular weight is 429 g/mol. The van der Waals surface area contributed by atoms with Crippen molar-refractivity contribution in [3.8, 4) is 0 Å². The Morgan fingerprint density at radius 3 is 2.29 bits per heavy atom. The number of hydrogen-bond donors (Lipinski definition) is 1. The zero-order valence-electron chi connectivity index (χ0n) is 18.2. The van der Waals surface area contributed by atoms with Crippen molar-refractivity contribution in [2.75, 3.05) is 0 Å². The first-order chi connectivity index (χ1) is 14.5. The van der Waals surface area contributed by atoms with Crippen LogP contribution in [-0.2, 0) is 22.6 Å². The van der Waals surface area contributed by atoms with E-state index in [1.807, 2.05) is 20.8 Å². The van der Waals surface area contributed by atoms with Crippen molar-refractivity contribution in [3.63, 3.8) is 0 Å². The topological polar surface area (TPSA) is 92.6 Å². The van der Waals surface area contributed by atoms with Crippen molar-refractivity contribution in [2.24, 2.45) is 0 Å². The normalized spacial score (nSPS) is 12.2.